The first-order chi connectivity index (χ1) is 14.0. The Kier molecular flexibility index (Phi) is 6.57. The third-order valence-corrected chi connectivity index (χ3v) is 8.76. The summed E-state index contributed by atoms with van der Waals surface area (Å²) in [6, 6.07) is 4.13. The number of hydrogen-bond donors (Lipinski definition) is 2. The summed E-state index contributed by atoms with van der Waals surface area (Å²) in [6.45, 7) is 6.44. The molecule has 0 bridgehead atoms. The molecule has 2 amide bonds. The highest BCUT2D eigenvalue weighted by molar-refractivity contribution is 7.89. The molecule has 3 rings (SSSR count). The number of amides is 2. The molecule has 1 aliphatic rings. The van der Waals surface area contributed by atoms with E-state index in [4.69, 9.17) is 17.3 Å². The van der Waals surface area contributed by atoms with Crippen molar-refractivity contribution in [1.82, 2.24) is 4.31 Å². The van der Waals surface area contributed by atoms with E-state index >= 15 is 0 Å². The van der Waals surface area contributed by atoms with Gasteiger partial charge in [-0.1, -0.05) is 18.5 Å². The number of hydrogen-bond acceptors (Lipinski definition) is 5. The standard InChI is InChI=1S/C20H24ClN3O4S2/c1-11-5-4-8-24(10-11)30(27,28)16-9-14(6-7-15(16)21)19(26)23-20-17(18(22)25)12(2)13(3)29-20/h6-7,9,11H,4-5,8,10H2,1-3H3,(H2,22,25)(H,23,26). The zero-order valence-electron chi connectivity index (χ0n) is 17.0. The molecule has 0 radical (unpaired) electrons. The Hall–Kier alpha value is -1.94. The Morgan fingerprint density at radius 3 is 2.63 bits per heavy atom. The van der Waals surface area contributed by atoms with Crippen molar-refractivity contribution in [2.24, 2.45) is 11.7 Å². The molecule has 1 aliphatic heterocycles. The van der Waals surface area contributed by atoms with Gasteiger partial charge in [-0.25, -0.2) is 8.42 Å². The first kappa shape index (κ1) is 22.7. The number of nitrogens with two attached hydrogens (primary N) is 1. The number of primary amides is 1. The lowest BCUT2D eigenvalue weighted by atomic mass is 10.0. The number of benzene rings is 1. The van der Waals surface area contributed by atoms with E-state index in [1.165, 1.54) is 33.8 Å². The number of anilines is 1. The molecule has 1 atom stereocenters. The minimum absolute atomic E-state index is 0.0606. The van der Waals surface area contributed by atoms with Crippen LogP contribution in [0.25, 0.3) is 0 Å². The molecule has 2 heterocycles. The van der Waals surface area contributed by atoms with Crippen LogP contribution in [-0.4, -0.2) is 37.6 Å². The summed E-state index contributed by atoms with van der Waals surface area (Å²) in [4.78, 5) is 25.4. The second-order valence-electron chi connectivity index (χ2n) is 7.56. The minimum atomic E-state index is -3.83. The molecule has 1 fully saturated rings. The summed E-state index contributed by atoms with van der Waals surface area (Å²) in [5.74, 6) is -0.916. The van der Waals surface area contributed by atoms with Gasteiger partial charge in [-0.2, -0.15) is 4.31 Å². The van der Waals surface area contributed by atoms with Crippen LogP contribution in [0.15, 0.2) is 23.1 Å². The monoisotopic (exact) mass is 469 g/mol. The van der Waals surface area contributed by atoms with E-state index in [9.17, 15) is 18.0 Å². The van der Waals surface area contributed by atoms with Crippen molar-refractivity contribution < 1.29 is 18.0 Å². The third kappa shape index (κ3) is 4.39. The lowest BCUT2D eigenvalue weighted by molar-refractivity contribution is 0.100. The van der Waals surface area contributed by atoms with E-state index in [0.717, 1.165) is 17.7 Å². The molecule has 1 aromatic heterocycles. The molecule has 0 spiro atoms. The predicted molar refractivity (Wildman–Crippen MR) is 119 cm³/mol. The van der Waals surface area contributed by atoms with Crippen molar-refractivity contribution in [1.29, 1.82) is 0 Å². The van der Waals surface area contributed by atoms with Gasteiger partial charge in [0, 0.05) is 23.5 Å². The highest BCUT2D eigenvalue weighted by atomic mass is 35.5. The molecule has 30 heavy (non-hydrogen) atoms. The van der Waals surface area contributed by atoms with Crippen LogP contribution in [0.2, 0.25) is 5.02 Å². The Bertz CT molecular complexity index is 1110. The fourth-order valence-corrected chi connectivity index (χ4v) is 6.69. The molecule has 1 aromatic carbocycles. The molecule has 162 valence electrons. The normalized spacial score (nSPS) is 17.7. The molecule has 1 unspecified atom stereocenters. The van der Waals surface area contributed by atoms with Crippen molar-refractivity contribution in [3.8, 4) is 0 Å². The quantitative estimate of drug-likeness (QED) is 0.694. The highest BCUT2D eigenvalue weighted by Gasteiger charge is 2.31. The average molecular weight is 470 g/mol. The van der Waals surface area contributed by atoms with Crippen molar-refractivity contribution in [2.45, 2.75) is 38.5 Å². The van der Waals surface area contributed by atoms with E-state index in [1.54, 1.807) is 6.92 Å². The zero-order chi connectivity index (χ0) is 22.2. The van der Waals surface area contributed by atoms with Gasteiger partial charge in [0.2, 0.25) is 10.0 Å². The largest absolute Gasteiger partial charge is 0.365 e. The van der Waals surface area contributed by atoms with Gasteiger partial charge in [0.15, 0.2) is 0 Å². The molecule has 7 nitrogen and oxygen atoms in total. The van der Waals surface area contributed by atoms with Crippen LogP contribution in [-0.2, 0) is 10.0 Å². The third-order valence-electron chi connectivity index (χ3n) is 5.29. The van der Waals surface area contributed by atoms with E-state index in [0.29, 0.717) is 23.7 Å². The van der Waals surface area contributed by atoms with Gasteiger partial charge >= 0.3 is 0 Å². The van der Waals surface area contributed by atoms with E-state index in [1.807, 2.05) is 13.8 Å². The molecule has 0 saturated carbocycles. The summed E-state index contributed by atoms with van der Waals surface area (Å²) >= 11 is 7.44. The Morgan fingerprint density at radius 2 is 2.00 bits per heavy atom. The summed E-state index contributed by atoms with van der Waals surface area (Å²) in [5, 5.41) is 3.08. The summed E-state index contributed by atoms with van der Waals surface area (Å²) in [6.07, 6.45) is 1.76. The maximum absolute atomic E-state index is 13.1. The maximum Gasteiger partial charge on any atom is 0.256 e. The van der Waals surface area contributed by atoms with Crippen LogP contribution < -0.4 is 11.1 Å². The number of aryl methyl sites for hydroxylation is 1. The first-order valence-electron chi connectivity index (χ1n) is 9.53. The fourth-order valence-electron chi connectivity index (χ4n) is 3.53. The van der Waals surface area contributed by atoms with Crippen LogP contribution in [0.5, 0.6) is 0 Å². The lowest BCUT2D eigenvalue weighted by Crippen LogP contribution is -2.39. The molecule has 2 aromatic rings. The summed E-state index contributed by atoms with van der Waals surface area (Å²) < 4.78 is 27.7. The van der Waals surface area contributed by atoms with Crippen LogP contribution in [0.4, 0.5) is 5.00 Å². The molecule has 1 saturated heterocycles. The van der Waals surface area contributed by atoms with Crippen LogP contribution in [0.3, 0.4) is 0 Å². The Balaban J connectivity index is 1.93. The first-order valence-corrected chi connectivity index (χ1v) is 12.2. The van der Waals surface area contributed by atoms with Gasteiger partial charge in [0.05, 0.1) is 10.6 Å². The zero-order valence-corrected chi connectivity index (χ0v) is 19.4. The van der Waals surface area contributed by atoms with E-state index in [2.05, 4.69) is 5.32 Å². The number of nitrogens with one attached hydrogen (secondary N) is 1. The molecular formula is C20H24ClN3O4S2. The fraction of sp³-hybridized carbons (Fsp3) is 0.400. The van der Waals surface area contributed by atoms with Gasteiger partial charge < -0.3 is 11.1 Å². The van der Waals surface area contributed by atoms with Crippen molar-refractivity contribution in [3.63, 3.8) is 0 Å². The van der Waals surface area contributed by atoms with Gasteiger partial charge in [-0.15, -0.1) is 11.3 Å². The minimum Gasteiger partial charge on any atom is -0.365 e. The van der Waals surface area contributed by atoms with Crippen LogP contribution >= 0.6 is 22.9 Å². The number of piperidine rings is 1. The molecule has 0 aliphatic carbocycles. The lowest BCUT2D eigenvalue weighted by Gasteiger charge is -2.30. The van der Waals surface area contributed by atoms with E-state index in [-0.39, 0.29) is 27.0 Å². The Morgan fingerprint density at radius 1 is 1.30 bits per heavy atom. The number of nitrogens with zero attached hydrogens (tertiary/aromatic N) is 1. The summed E-state index contributed by atoms with van der Waals surface area (Å²) in [7, 11) is -3.83. The Labute approximate surface area is 185 Å². The second kappa shape index (κ2) is 8.66. The topological polar surface area (TPSA) is 110 Å². The van der Waals surface area contributed by atoms with E-state index < -0.39 is 21.8 Å². The summed E-state index contributed by atoms with van der Waals surface area (Å²) in [5.41, 5.74) is 6.55. The maximum atomic E-state index is 13.1. The van der Waals surface area contributed by atoms with Crippen LogP contribution in [0.1, 0.15) is 50.9 Å². The second-order valence-corrected chi connectivity index (χ2v) is 11.1. The number of rotatable bonds is 5. The smallest absolute Gasteiger partial charge is 0.256 e. The number of thiophene rings is 1. The van der Waals surface area contributed by atoms with Crippen molar-refractivity contribution >= 4 is 49.8 Å². The van der Waals surface area contributed by atoms with Crippen LogP contribution in [0, 0.1) is 19.8 Å². The predicted octanol–water partition coefficient (Wildman–Crippen LogP) is 3.79. The SMILES string of the molecule is Cc1sc(NC(=O)c2ccc(Cl)c(S(=O)(=O)N3CCCC(C)C3)c2)c(C(N)=O)c1C. The van der Waals surface area contributed by atoms with Crippen molar-refractivity contribution in [2.75, 3.05) is 18.4 Å². The molecular weight excluding hydrogens is 446 g/mol. The van der Waals surface area contributed by atoms with Gasteiger partial charge in [0.1, 0.15) is 9.90 Å². The number of halogens is 1. The van der Waals surface area contributed by atoms with Gasteiger partial charge in [-0.05, 0) is 56.4 Å². The van der Waals surface area contributed by atoms with Gasteiger partial charge in [0.25, 0.3) is 11.8 Å². The average Bonchev–Trinajstić information content (AvgIpc) is 2.95. The van der Waals surface area contributed by atoms with Crippen molar-refractivity contribution in [3.05, 3.63) is 44.8 Å². The molecule has 10 heteroatoms. The highest BCUT2D eigenvalue weighted by Crippen LogP contribution is 2.33. The number of carbonyl (C=O) groups is 2. The number of carbonyl (C=O) groups excluding carboxylic acids is 2. The number of sulfonamides is 1. The van der Waals surface area contributed by atoms with Gasteiger partial charge in [-0.3, -0.25) is 9.59 Å². The molecule has 3 N–H and O–H groups in total.